The SMILES string of the molecule is O=C(C1CCCCC1)N1c2ccccc2CCC1CN1CCCC(Cc2ccccc2)C1. The lowest BCUT2D eigenvalue weighted by molar-refractivity contribution is -0.124. The van der Waals surface area contributed by atoms with Crippen LogP contribution in [0, 0.1) is 11.8 Å². The molecule has 2 atom stereocenters. The van der Waals surface area contributed by atoms with Crippen molar-refractivity contribution in [2.75, 3.05) is 24.5 Å². The Kier molecular flexibility index (Phi) is 6.92. The molecule has 2 unspecified atom stereocenters. The molecule has 32 heavy (non-hydrogen) atoms. The number of piperidine rings is 1. The second kappa shape index (κ2) is 10.2. The number of benzene rings is 2. The van der Waals surface area contributed by atoms with Gasteiger partial charge in [-0.05, 0) is 74.6 Å². The van der Waals surface area contributed by atoms with Gasteiger partial charge in [-0.15, -0.1) is 0 Å². The summed E-state index contributed by atoms with van der Waals surface area (Å²) in [6, 6.07) is 19.9. The van der Waals surface area contributed by atoms with E-state index in [1.807, 2.05) is 0 Å². The molecule has 5 rings (SSSR count). The van der Waals surface area contributed by atoms with Crippen LogP contribution >= 0.6 is 0 Å². The van der Waals surface area contributed by atoms with Gasteiger partial charge in [-0.2, -0.15) is 0 Å². The van der Waals surface area contributed by atoms with Crippen LogP contribution in [0.5, 0.6) is 0 Å². The van der Waals surface area contributed by atoms with E-state index in [0.717, 1.165) is 38.1 Å². The zero-order valence-electron chi connectivity index (χ0n) is 19.4. The third-order valence-electron chi connectivity index (χ3n) is 7.99. The van der Waals surface area contributed by atoms with E-state index in [1.165, 1.54) is 68.4 Å². The molecule has 1 amide bonds. The zero-order valence-corrected chi connectivity index (χ0v) is 19.4. The van der Waals surface area contributed by atoms with E-state index in [2.05, 4.69) is 64.4 Å². The first-order valence-corrected chi connectivity index (χ1v) is 12.9. The molecule has 0 N–H and O–H groups in total. The number of aryl methyl sites for hydroxylation is 1. The van der Waals surface area contributed by atoms with Crippen molar-refractivity contribution in [3.05, 3.63) is 65.7 Å². The molecule has 2 aliphatic heterocycles. The third-order valence-corrected chi connectivity index (χ3v) is 7.99. The second-order valence-electron chi connectivity index (χ2n) is 10.3. The number of para-hydroxylation sites is 1. The van der Waals surface area contributed by atoms with E-state index < -0.39 is 0 Å². The van der Waals surface area contributed by atoms with E-state index in [-0.39, 0.29) is 5.92 Å². The summed E-state index contributed by atoms with van der Waals surface area (Å²) in [5, 5.41) is 0. The zero-order chi connectivity index (χ0) is 21.8. The highest BCUT2D eigenvalue weighted by Crippen LogP contribution is 2.35. The molecule has 2 fully saturated rings. The highest BCUT2D eigenvalue weighted by Gasteiger charge is 2.36. The van der Waals surface area contributed by atoms with Gasteiger partial charge < -0.3 is 9.80 Å². The highest BCUT2D eigenvalue weighted by molar-refractivity contribution is 5.97. The fourth-order valence-electron chi connectivity index (χ4n) is 6.35. The molecule has 0 radical (unpaired) electrons. The van der Waals surface area contributed by atoms with Crippen molar-refractivity contribution in [1.82, 2.24) is 4.90 Å². The number of likely N-dealkylation sites (tertiary alicyclic amines) is 1. The van der Waals surface area contributed by atoms with Crippen LogP contribution in [0.1, 0.15) is 62.5 Å². The summed E-state index contributed by atoms with van der Waals surface area (Å²) < 4.78 is 0. The maximum Gasteiger partial charge on any atom is 0.230 e. The first-order valence-electron chi connectivity index (χ1n) is 12.9. The van der Waals surface area contributed by atoms with Crippen LogP contribution in [0.15, 0.2) is 54.6 Å². The number of rotatable bonds is 5. The second-order valence-corrected chi connectivity index (χ2v) is 10.3. The molecule has 3 heteroatoms. The Morgan fingerprint density at radius 1 is 0.844 bits per heavy atom. The molecule has 2 aromatic carbocycles. The summed E-state index contributed by atoms with van der Waals surface area (Å²) in [6.07, 6.45) is 11.8. The topological polar surface area (TPSA) is 23.6 Å². The fraction of sp³-hybridized carbons (Fsp3) is 0.552. The Morgan fingerprint density at radius 2 is 1.62 bits per heavy atom. The highest BCUT2D eigenvalue weighted by atomic mass is 16.2. The number of anilines is 1. The maximum atomic E-state index is 13.8. The normalized spacial score (nSPS) is 24.8. The molecule has 3 aliphatic rings. The van der Waals surface area contributed by atoms with E-state index in [9.17, 15) is 4.79 Å². The number of hydrogen-bond acceptors (Lipinski definition) is 2. The quantitative estimate of drug-likeness (QED) is 0.592. The van der Waals surface area contributed by atoms with Crippen molar-refractivity contribution in [1.29, 1.82) is 0 Å². The predicted molar refractivity (Wildman–Crippen MR) is 132 cm³/mol. The molecule has 0 aromatic heterocycles. The molecule has 170 valence electrons. The van der Waals surface area contributed by atoms with Crippen molar-refractivity contribution < 1.29 is 4.79 Å². The molecule has 1 aliphatic carbocycles. The van der Waals surface area contributed by atoms with Crippen molar-refractivity contribution >= 4 is 11.6 Å². The lowest BCUT2D eigenvalue weighted by Gasteiger charge is -2.43. The van der Waals surface area contributed by atoms with Gasteiger partial charge >= 0.3 is 0 Å². The fourth-order valence-corrected chi connectivity index (χ4v) is 6.35. The van der Waals surface area contributed by atoms with Crippen LogP contribution in [-0.2, 0) is 17.6 Å². The minimum absolute atomic E-state index is 0.226. The summed E-state index contributed by atoms with van der Waals surface area (Å²) in [6.45, 7) is 3.37. The van der Waals surface area contributed by atoms with Gasteiger partial charge in [-0.1, -0.05) is 67.8 Å². The number of carbonyl (C=O) groups excluding carboxylic acids is 1. The van der Waals surface area contributed by atoms with E-state index in [1.54, 1.807) is 0 Å². The molecule has 0 bridgehead atoms. The minimum atomic E-state index is 0.226. The van der Waals surface area contributed by atoms with Crippen LogP contribution in [0.4, 0.5) is 5.69 Å². The summed E-state index contributed by atoms with van der Waals surface area (Å²) in [4.78, 5) is 18.7. The van der Waals surface area contributed by atoms with Crippen LogP contribution in [-0.4, -0.2) is 36.5 Å². The van der Waals surface area contributed by atoms with E-state index in [4.69, 9.17) is 0 Å². The number of carbonyl (C=O) groups is 1. The van der Waals surface area contributed by atoms with Gasteiger partial charge in [0.1, 0.15) is 0 Å². The van der Waals surface area contributed by atoms with Gasteiger partial charge in [-0.25, -0.2) is 0 Å². The van der Waals surface area contributed by atoms with Gasteiger partial charge in [0, 0.05) is 30.7 Å². The van der Waals surface area contributed by atoms with Crippen LogP contribution in [0.2, 0.25) is 0 Å². The summed E-state index contributed by atoms with van der Waals surface area (Å²) in [5.41, 5.74) is 4.01. The molecule has 1 saturated heterocycles. The van der Waals surface area contributed by atoms with Gasteiger partial charge in [-0.3, -0.25) is 4.79 Å². The van der Waals surface area contributed by atoms with E-state index in [0.29, 0.717) is 11.9 Å². The monoisotopic (exact) mass is 430 g/mol. The Balaban J connectivity index is 1.30. The van der Waals surface area contributed by atoms with Crippen molar-refractivity contribution in [3.8, 4) is 0 Å². The number of fused-ring (bicyclic) bond motifs is 1. The van der Waals surface area contributed by atoms with E-state index >= 15 is 0 Å². The molecule has 2 aromatic rings. The maximum absolute atomic E-state index is 13.8. The average molecular weight is 431 g/mol. The molecular weight excluding hydrogens is 392 g/mol. The lowest BCUT2D eigenvalue weighted by Crippen LogP contribution is -2.53. The van der Waals surface area contributed by atoms with Crippen LogP contribution in [0.3, 0.4) is 0 Å². The molecule has 2 heterocycles. The Hall–Kier alpha value is -2.13. The first kappa shape index (κ1) is 21.7. The molecule has 3 nitrogen and oxygen atoms in total. The summed E-state index contributed by atoms with van der Waals surface area (Å²) in [7, 11) is 0. The molecule has 1 saturated carbocycles. The largest absolute Gasteiger partial charge is 0.308 e. The average Bonchev–Trinajstić information content (AvgIpc) is 2.85. The van der Waals surface area contributed by atoms with Crippen molar-refractivity contribution in [3.63, 3.8) is 0 Å². The Morgan fingerprint density at radius 3 is 2.47 bits per heavy atom. The summed E-state index contributed by atoms with van der Waals surface area (Å²) >= 11 is 0. The van der Waals surface area contributed by atoms with Gasteiger partial charge in [0.2, 0.25) is 5.91 Å². The van der Waals surface area contributed by atoms with Crippen molar-refractivity contribution in [2.45, 2.75) is 70.3 Å². The predicted octanol–water partition coefficient (Wildman–Crippen LogP) is 5.87. The standard InChI is InChI=1S/C29H38N2O/c32-29(26-14-5-2-6-15-26)31-27(18-17-25-13-7-8-16-28(25)31)22-30-19-9-12-24(21-30)20-23-10-3-1-4-11-23/h1,3-4,7-8,10-11,13,16,24,26-27H,2,5-6,9,12,14-15,17-22H2. The Labute approximate surface area is 193 Å². The molecule has 0 spiro atoms. The van der Waals surface area contributed by atoms with Gasteiger partial charge in [0.15, 0.2) is 0 Å². The minimum Gasteiger partial charge on any atom is -0.308 e. The number of amides is 1. The Bertz CT molecular complexity index is 889. The van der Waals surface area contributed by atoms with Gasteiger partial charge in [0.05, 0.1) is 0 Å². The first-order chi connectivity index (χ1) is 15.8. The lowest BCUT2D eigenvalue weighted by atomic mass is 9.86. The number of hydrogen-bond donors (Lipinski definition) is 0. The van der Waals surface area contributed by atoms with Gasteiger partial charge in [0.25, 0.3) is 0 Å². The molecular formula is C29H38N2O. The van der Waals surface area contributed by atoms with Crippen LogP contribution in [0.25, 0.3) is 0 Å². The summed E-state index contributed by atoms with van der Waals surface area (Å²) in [5.74, 6) is 1.36. The van der Waals surface area contributed by atoms with Crippen LogP contribution < -0.4 is 4.90 Å². The number of nitrogens with zero attached hydrogens (tertiary/aromatic N) is 2. The smallest absolute Gasteiger partial charge is 0.230 e. The van der Waals surface area contributed by atoms with Crippen molar-refractivity contribution in [2.24, 2.45) is 11.8 Å². The third kappa shape index (κ3) is 4.93.